The molecule has 1 aliphatic heterocycles. The fourth-order valence-electron chi connectivity index (χ4n) is 4.45. The van der Waals surface area contributed by atoms with E-state index in [1.807, 2.05) is 24.3 Å². The van der Waals surface area contributed by atoms with E-state index >= 15 is 0 Å². The van der Waals surface area contributed by atoms with Crippen molar-refractivity contribution in [2.24, 2.45) is 5.10 Å². The van der Waals surface area contributed by atoms with Crippen LogP contribution in [0, 0.1) is 3.57 Å². The molecule has 0 unspecified atom stereocenters. The van der Waals surface area contributed by atoms with Gasteiger partial charge in [-0.1, -0.05) is 18.2 Å². The Morgan fingerprint density at radius 3 is 2.46 bits per heavy atom. The first-order chi connectivity index (χ1) is 22.1. The summed E-state index contributed by atoms with van der Waals surface area (Å²) < 4.78 is 29.6. The number of nitrogens with zero attached hydrogens (tertiary/aromatic N) is 1. The zero-order chi connectivity index (χ0) is 33.2. The summed E-state index contributed by atoms with van der Waals surface area (Å²) in [5.74, 6) is 0.543. The number of benzene rings is 3. The predicted molar refractivity (Wildman–Crippen MR) is 182 cm³/mol. The van der Waals surface area contributed by atoms with Gasteiger partial charge in [-0.05, 0) is 105 Å². The number of hydrogen-bond donors (Lipinski definition) is 3. The van der Waals surface area contributed by atoms with Crippen LogP contribution in [0.25, 0.3) is 0 Å². The molecule has 0 saturated carbocycles. The van der Waals surface area contributed by atoms with E-state index in [0.29, 0.717) is 45.2 Å². The topological polar surface area (TPSA) is 146 Å². The Labute approximate surface area is 288 Å². The highest BCUT2D eigenvalue weighted by Crippen LogP contribution is 2.37. The summed E-state index contributed by atoms with van der Waals surface area (Å²) in [6, 6.07) is 15.2. The molecule has 242 valence electrons. The van der Waals surface area contributed by atoms with Crippen molar-refractivity contribution in [1.29, 1.82) is 0 Å². The number of carbonyl (C=O) groups excluding carboxylic acids is 3. The number of urea groups is 1. The average molecular weight is 807 g/mol. The minimum absolute atomic E-state index is 0.181. The second kappa shape index (κ2) is 16.3. The number of ether oxygens (including phenoxy) is 5. The van der Waals surface area contributed by atoms with E-state index in [1.165, 1.54) is 13.3 Å². The van der Waals surface area contributed by atoms with Gasteiger partial charge in [0.25, 0.3) is 5.91 Å². The first-order valence-corrected chi connectivity index (χ1v) is 15.8. The Balaban J connectivity index is 1.37. The van der Waals surface area contributed by atoms with E-state index in [-0.39, 0.29) is 24.5 Å². The van der Waals surface area contributed by atoms with E-state index in [4.69, 9.17) is 23.7 Å². The van der Waals surface area contributed by atoms with Gasteiger partial charge in [0, 0.05) is 9.27 Å². The monoisotopic (exact) mass is 806 g/mol. The number of halogens is 2. The first-order valence-electron chi connectivity index (χ1n) is 14.0. The SMILES string of the molecule is CCOC(=O)C1=C(C)NC(=O)N[C@H]1c1ccc(OCC(=O)N/N=C\c2cc(Br)c(OCc3ccc(I)cc3)c(OC)c2)c(OC)c1. The molecule has 3 N–H and O–H groups in total. The fraction of sp³-hybridized carbons (Fsp3) is 0.250. The van der Waals surface area contributed by atoms with Gasteiger partial charge < -0.3 is 34.3 Å². The molecule has 0 aliphatic carbocycles. The predicted octanol–water partition coefficient (Wildman–Crippen LogP) is 5.37. The van der Waals surface area contributed by atoms with E-state index in [9.17, 15) is 14.4 Å². The molecule has 12 nitrogen and oxygen atoms in total. The van der Waals surface area contributed by atoms with Crippen LogP contribution in [0.3, 0.4) is 0 Å². The summed E-state index contributed by atoms with van der Waals surface area (Å²) in [6.45, 7) is 3.51. The van der Waals surface area contributed by atoms with Crippen LogP contribution in [0.4, 0.5) is 4.79 Å². The van der Waals surface area contributed by atoms with Crippen LogP contribution in [-0.4, -0.2) is 51.6 Å². The second-order valence-corrected chi connectivity index (χ2v) is 11.8. The van der Waals surface area contributed by atoms with Crippen molar-refractivity contribution in [2.75, 3.05) is 27.4 Å². The number of hydrazone groups is 1. The molecule has 0 saturated heterocycles. The molecule has 0 spiro atoms. The van der Waals surface area contributed by atoms with Crippen LogP contribution < -0.4 is 35.0 Å². The van der Waals surface area contributed by atoms with Gasteiger partial charge >= 0.3 is 12.0 Å². The highest BCUT2D eigenvalue weighted by molar-refractivity contribution is 14.1. The smallest absolute Gasteiger partial charge is 0.338 e. The summed E-state index contributed by atoms with van der Waals surface area (Å²) in [4.78, 5) is 37.3. The van der Waals surface area contributed by atoms with E-state index < -0.39 is 23.9 Å². The molecule has 1 heterocycles. The van der Waals surface area contributed by atoms with Crippen molar-refractivity contribution in [3.05, 3.63) is 90.6 Å². The number of esters is 1. The van der Waals surface area contributed by atoms with Gasteiger partial charge in [0.2, 0.25) is 0 Å². The number of allylic oxidation sites excluding steroid dienone is 1. The Kier molecular flexibility index (Phi) is 12.3. The molecule has 3 amide bonds. The van der Waals surface area contributed by atoms with Gasteiger partial charge in [-0.25, -0.2) is 15.0 Å². The molecule has 1 atom stereocenters. The lowest BCUT2D eigenvalue weighted by Gasteiger charge is -2.28. The summed E-state index contributed by atoms with van der Waals surface area (Å²) in [5.41, 5.74) is 5.31. The van der Waals surface area contributed by atoms with Crippen LogP contribution >= 0.6 is 38.5 Å². The number of nitrogens with one attached hydrogen (secondary N) is 3. The van der Waals surface area contributed by atoms with Crippen molar-refractivity contribution in [3.8, 4) is 23.0 Å². The van der Waals surface area contributed by atoms with Crippen LogP contribution in [0.5, 0.6) is 23.0 Å². The first kappa shape index (κ1) is 34.6. The zero-order valence-corrected chi connectivity index (χ0v) is 29.2. The van der Waals surface area contributed by atoms with Gasteiger partial charge in [0.15, 0.2) is 29.6 Å². The summed E-state index contributed by atoms with van der Waals surface area (Å²) in [6.07, 6.45) is 1.47. The van der Waals surface area contributed by atoms with Crippen LogP contribution in [0.15, 0.2) is 75.4 Å². The molecular weight excluding hydrogens is 775 g/mol. The van der Waals surface area contributed by atoms with Gasteiger partial charge in [0.1, 0.15) is 6.61 Å². The molecule has 1 aliphatic rings. The maximum atomic E-state index is 12.6. The quantitative estimate of drug-likeness (QED) is 0.0906. The van der Waals surface area contributed by atoms with Crippen LogP contribution in [-0.2, 0) is 20.9 Å². The molecular formula is C32H32BrIN4O8. The lowest BCUT2D eigenvalue weighted by molar-refractivity contribution is -0.139. The van der Waals surface area contributed by atoms with E-state index in [0.717, 1.165) is 9.13 Å². The Morgan fingerprint density at radius 2 is 1.76 bits per heavy atom. The maximum Gasteiger partial charge on any atom is 0.338 e. The minimum Gasteiger partial charge on any atom is -0.493 e. The molecule has 3 aromatic carbocycles. The highest BCUT2D eigenvalue weighted by atomic mass is 127. The number of carbonyl (C=O) groups is 3. The molecule has 4 rings (SSSR count). The molecule has 46 heavy (non-hydrogen) atoms. The summed E-state index contributed by atoms with van der Waals surface area (Å²) in [5, 5.41) is 9.35. The molecule has 14 heteroatoms. The Hall–Kier alpha value is -4.31. The van der Waals surface area contributed by atoms with E-state index in [2.05, 4.69) is 59.7 Å². The molecule has 3 aromatic rings. The maximum absolute atomic E-state index is 12.6. The van der Waals surface area contributed by atoms with Crippen molar-refractivity contribution in [1.82, 2.24) is 16.1 Å². The number of rotatable bonds is 13. The van der Waals surface area contributed by atoms with Crippen LogP contribution in [0.1, 0.15) is 36.6 Å². The zero-order valence-electron chi connectivity index (χ0n) is 25.4. The third-order valence-electron chi connectivity index (χ3n) is 6.60. The number of hydrogen-bond acceptors (Lipinski definition) is 9. The summed E-state index contributed by atoms with van der Waals surface area (Å²) >= 11 is 5.78. The molecule has 0 aromatic heterocycles. The minimum atomic E-state index is -0.777. The standard InChI is InChI=1S/C32H32BrIN4O8/c1-5-44-31(40)28-18(2)36-32(41)37-29(28)21-8-11-24(25(14-21)42-3)45-17-27(39)38-35-15-20-12-23(33)30(26(13-20)43-4)46-16-19-6-9-22(34)10-7-19/h6-15,29H,5,16-17H2,1-4H3,(H,38,39)(H2,36,37,41)/b35-15-/t29-/m0/s1. The van der Waals surface area contributed by atoms with Gasteiger partial charge in [-0.2, -0.15) is 5.10 Å². The normalized spacial score (nSPS) is 14.3. The third kappa shape index (κ3) is 8.90. The summed E-state index contributed by atoms with van der Waals surface area (Å²) in [7, 11) is 2.98. The lowest BCUT2D eigenvalue weighted by atomic mass is 9.95. The van der Waals surface area contributed by atoms with Gasteiger partial charge in [0.05, 0.1) is 43.1 Å². The van der Waals surface area contributed by atoms with Crippen molar-refractivity contribution in [2.45, 2.75) is 26.5 Å². The average Bonchev–Trinajstić information content (AvgIpc) is 3.03. The van der Waals surface area contributed by atoms with E-state index in [1.54, 1.807) is 51.3 Å². The molecule has 0 fully saturated rings. The van der Waals surface area contributed by atoms with Gasteiger partial charge in [-0.3, -0.25) is 4.79 Å². The van der Waals surface area contributed by atoms with Gasteiger partial charge in [-0.15, -0.1) is 0 Å². The number of methoxy groups -OCH3 is 2. The Bertz CT molecular complexity index is 1660. The van der Waals surface area contributed by atoms with Crippen molar-refractivity contribution in [3.63, 3.8) is 0 Å². The Morgan fingerprint density at radius 1 is 1.02 bits per heavy atom. The largest absolute Gasteiger partial charge is 0.493 e. The third-order valence-corrected chi connectivity index (χ3v) is 7.90. The lowest BCUT2D eigenvalue weighted by Crippen LogP contribution is -2.45. The second-order valence-electron chi connectivity index (χ2n) is 9.73. The fourth-order valence-corrected chi connectivity index (χ4v) is 5.38. The van der Waals surface area contributed by atoms with Crippen molar-refractivity contribution >= 4 is 62.6 Å². The van der Waals surface area contributed by atoms with Crippen molar-refractivity contribution < 1.29 is 38.1 Å². The number of amides is 3. The molecule has 0 bridgehead atoms. The highest BCUT2D eigenvalue weighted by Gasteiger charge is 2.32. The van der Waals surface area contributed by atoms with Crippen LogP contribution in [0.2, 0.25) is 0 Å². The molecule has 0 radical (unpaired) electrons.